The second-order valence-corrected chi connectivity index (χ2v) is 6.15. The summed E-state index contributed by atoms with van der Waals surface area (Å²) < 4.78 is 7.34. The van der Waals surface area contributed by atoms with Crippen molar-refractivity contribution in [1.29, 1.82) is 0 Å². The number of alkyl halides is 1. The van der Waals surface area contributed by atoms with Crippen LogP contribution in [-0.2, 0) is 4.74 Å². The fourth-order valence-electron chi connectivity index (χ4n) is 3.81. The first-order chi connectivity index (χ1) is 6.58. The second-order valence-electron chi connectivity index (χ2n) is 5.38. The summed E-state index contributed by atoms with van der Waals surface area (Å²) in [5.41, 5.74) is 0.582. The van der Waals surface area contributed by atoms with Crippen LogP contribution in [0.5, 0.6) is 0 Å². The number of hydrogen-bond acceptors (Lipinski definition) is 1. The van der Waals surface area contributed by atoms with Crippen LogP contribution in [0.2, 0.25) is 0 Å². The van der Waals surface area contributed by atoms with Gasteiger partial charge in [0.2, 0.25) is 0 Å². The van der Waals surface area contributed by atoms with Gasteiger partial charge < -0.3 is 4.74 Å². The van der Waals surface area contributed by atoms with E-state index in [2.05, 4.69) is 43.4 Å². The molecule has 14 heavy (non-hydrogen) atoms. The summed E-state index contributed by atoms with van der Waals surface area (Å²) >= 11 is 2.52. The van der Waals surface area contributed by atoms with Gasteiger partial charge in [-0.2, -0.15) is 0 Å². The van der Waals surface area contributed by atoms with Gasteiger partial charge in [0.1, 0.15) is 0 Å². The maximum atomic E-state index is 6.18. The monoisotopic (exact) mass is 308 g/mol. The van der Waals surface area contributed by atoms with E-state index in [-0.39, 0.29) is 5.60 Å². The number of rotatable bonds is 3. The molecular weight excluding hydrogens is 287 g/mol. The Morgan fingerprint density at radius 3 is 2.36 bits per heavy atom. The summed E-state index contributed by atoms with van der Waals surface area (Å²) in [7, 11) is 0. The molecule has 82 valence electrons. The van der Waals surface area contributed by atoms with Gasteiger partial charge >= 0.3 is 0 Å². The molecule has 0 N–H and O–H groups in total. The molecule has 1 nitrogen and oxygen atoms in total. The zero-order valence-electron chi connectivity index (χ0n) is 9.48. The molecule has 2 aliphatic rings. The average Bonchev–Trinajstić information content (AvgIpc) is 2.68. The molecule has 3 unspecified atom stereocenters. The SMILES string of the molecule is CCOC1(CI)C2CCC(C2)C1(C)C. The third kappa shape index (κ3) is 1.22. The van der Waals surface area contributed by atoms with Crippen LogP contribution >= 0.6 is 22.6 Å². The molecular formula is C12H21IO. The van der Waals surface area contributed by atoms with E-state index in [1.807, 2.05) is 0 Å². The molecule has 0 aliphatic heterocycles. The Balaban J connectivity index is 2.31. The van der Waals surface area contributed by atoms with Gasteiger partial charge in [0.15, 0.2) is 0 Å². The summed E-state index contributed by atoms with van der Waals surface area (Å²) in [5.74, 6) is 1.74. The molecule has 2 rings (SSSR count). The van der Waals surface area contributed by atoms with Crippen LogP contribution in [0.3, 0.4) is 0 Å². The van der Waals surface area contributed by atoms with Crippen molar-refractivity contribution < 1.29 is 4.74 Å². The molecule has 0 heterocycles. The summed E-state index contributed by atoms with van der Waals surface area (Å²) in [5, 5.41) is 0. The van der Waals surface area contributed by atoms with Crippen molar-refractivity contribution in [2.45, 2.75) is 45.6 Å². The van der Waals surface area contributed by atoms with Crippen molar-refractivity contribution in [1.82, 2.24) is 0 Å². The van der Waals surface area contributed by atoms with E-state index in [1.54, 1.807) is 0 Å². The average molecular weight is 308 g/mol. The third-order valence-electron chi connectivity index (χ3n) is 4.80. The van der Waals surface area contributed by atoms with Crippen molar-refractivity contribution in [3.63, 3.8) is 0 Å². The van der Waals surface area contributed by atoms with Crippen LogP contribution in [0.1, 0.15) is 40.0 Å². The molecule has 2 bridgehead atoms. The first-order valence-corrected chi connectivity index (χ1v) is 7.31. The van der Waals surface area contributed by atoms with E-state index in [1.165, 1.54) is 19.3 Å². The Kier molecular flexibility index (Phi) is 2.89. The van der Waals surface area contributed by atoms with Crippen LogP contribution in [0, 0.1) is 17.3 Å². The second kappa shape index (κ2) is 3.62. The highest BCUT2D eigenvalue weighted by Crippen LogP contribution is 2.63. The van der Waals surface area contributed by atoms with Gasteiger partial charge in [-0.05, 0) is 43.4 Å². The molecule has 2 aliphatic carbocycles. The van der Waals surface area contributed by atoms with Gasteiger partial charge in [0.05, 0.1) is 5.60 Å². The van der Waals surface area contributed by atoms with Gasteiger partial charge in [0, 0.05) is 11.0 Å². The highest BCUT2D eigenvalue weighted by molar-refractivity contribution is 14.1. The molecule has 0 radical (unpaired) electrons. The lowest BCUT2D eigenvalue weighted by atomic mass is 9.66. The largest absolute Gasteiger partial charge is 0.374 e. The lowest BCUT2D eigenvalue weighted by Crippen LogP contribution is -2.53. The van der Waals surface area contributed by atoms with Gasteiger partial charge in [-0.1, -0.05) is 36.4 Å². The zero-order valence-corrected chi connectivity index (χ0v) is 11.6. The molecule has 0 aromatic heterocycles. The number of hydrogen-bond donors (Lipinski definition) is 0. The smallest absolute Gasteiger partial charge is 0.0852 e. The highest BCUT2D eigenvalue weighted by atomic mass is 127. The number of fused-ring (bicyclic) bond motifs is 2. The maximum Gasteiger partial charge on any atom is 0.0852 e. The quantitative estimate of drug-likeness (QED) is 0.571. The predicted octanol–water partition coefficient (Wildman–Crippen LogP) is 3.65. The normalized spacial score (nSPS) is 44.6. The van der Waals surface area contributed by atoms with Crippen LogP contribution in [0.25, 0.3) is 0 Å². The standard InChI is InChI=1S/C12H21IO/c1-4-14-12(8-13)10-6-5-9(7-10)11(12,2)3/h9-10H,4-8H2,1-3H3. The molecule has 0 spiro atoms. The van der Waals surface area contributed by atoms with Gasteiger partial charge in [-0.15, -0.1) is 0 Å². The van der Waals surface area contributed by atoms with Gasteiger partial charge in [-0.25, -0.2) is 0 Å². The fraction of sp³-hybridized carbons (Fsp3) is 1.00. The van der Waals surface area contributed by atoms with E-state index in [9.17, 15) is 0 Å². The Labute approximate surface area is 101 Å². The van der Waals surface area contributed by atoms with Crippen LogP contribution in [0.15, 0.2) is 0 Å². The first kappa shape index (κ1) is 11.2. The summed E-state index contributed by atoms with van der Waals surface area (Å²) in [4.78, 5) is 0. The van der Waals surface area contributed by atoms with E-state index in [0.717, 1.165) is 22.9 Å². The van der Waals surface area contributed by atoms with E-state index < -0.39 is 0 Å². The summed E-state index contributed by atoms with van der Waals surface area (Å²) in [6.45, 7) is 7.85. The number of halogens is 1. The van der Waals surface area contributed by atoms with Crippen LogP contribution in [0.4, 0.5) is 0 Å². The Hall–Kier alpha value is 0.690. The molecule has 0 aromatic carbocycles. The van der Waals surface area contributed by atoms with Crippen molar-refractivity contribution in [3.05, 3.63) is 0 Å². The number of ether oxygens (including phenoxy) is 1. The van der Waals surface area contributed by atoms with E-state index >= 15 is 0 Å². The minimum absolute atomic E-state index is 0.186. The van der Waals surface area contributed by atoms with E-state index in [0.29, 0.717) is 5.41 Å². The van der Waals surface area contributed by atoms with E-state index in [4.69, 9.17) is 4.74 Å². The summed E-state index contributed by atoms with van der Waals surface area (Å²) in [6.07, 6.45) is 4.25. The molecule has 2 saturated carbocycles. The lowest BCUT2D eigenvalue weighted by Gasteiger charge is -2.48. The van der Waals surface area contributed by atoms with Crippen LogP contribution < -0.4 is 0 Å². The minimum atomic E-state index is 0.186. The van der Waals surface area contributed by atoms with Gasteiger partial charge in [0.25, 0.3) is 0 Å². The third-order valence-corrected chi connectivity index (χ3v) is 5.94. The summed E-state index contributed by atoms with van der Waals surface area (Å²) in [6, 6.07) is 0. The maximum absolute atomic E-state index is 6.18. The van der Waals surface area contributed by atoms with Crippen molar-refractivity contribution in [2.75, 3.05) is 11.0 Å². The molecule has 0 amide bonds. The molecule has 2 fully saturated rings. The lowest BCUT2D eigenvalue weighted by molar-refractivity contribution is -0.132. The molecule has 3 atom stereocenters. The Bertz CT molecular complexity index is 226. The zero-order chi connectivity index (χ0) is 10.4. The predicted molar refractivity (Wildman–Crippen MR) is 67.9 cm³/mol. The van der Waals surface area contributed by atoms with Crippen molar-refractivity contribution in [2.24, 2.45) is 17.3 Å². The van der Waals surface area contributed by atoms with Crippen LogP contribution in [-0.4, -0.2) is 16.6 Å². The molecule has 2 heteroatoms. The topological polar surface area (TPSA) is 9.23 Å². The first-order valence-electron chi connectivity index (χ1n) is 5.78. The van der Waals surface area contributed by atoms with Crippen molar-refractivity contribution >= 4 is 22.6 Å². The highest BCUT2D eigenvalue weighted by Gasteiger charge is 2.63. The Morgan fingerprint density at radius 1 is 1.29 bits per heavy atom. The minimum Gasteiger partial charge on any atom is -0.374 e. The Morgan fingerprint density at radius 2 is 1.93 bits per heavy atom. The molecule has 0 saturated heterocycles. The fourth-order valence-corrected chi connectivity index (χ4v) is 5.64. The van der Waals surface area contributed by atoms with Crippen molar-refractivity contribution in [3.8, 4) is 0 Å². The molecule has 0 aromatic rings. The van der Waals surface area contributed by atoms with Gasteiger partial charge in [-0.3, -0.25) is 0 Å².